The van der Waals surface area contributed by atoms with Crippen LogP contribution >= 0.6 is 0 Å². The van der Waals surface area contributed by atoms with Gasteiger partial charge in [0.1, 0.15) is 5.75 Å². The first-order chi connectivity index (χ1) is 12.4. The van der Waals surface area contributed by atoms with Crippen molar-refractivity contribution < 1.29 is 23.0 Å². The molecule has 1 saturated carbocycles. The maximum absolute atomic E-state index is 12.3. The van der Waals surface area contributed by atoms with Crippen molar-refractivity contribution in [2.45, 2.75) is 58.0 Å². The first-order valence-electron chi connectivity index (χ1n) is 8.99. The van der Waals surface area contributed by atoms with E-state index in [1.54, 1.807) is 16.8 Å². The molecule has 3 rings (SSSR count). The van der Waals surface area contributed by atoms with E-state index in [0.717, 1.165) is 31.4 Å². The molecular formula is C19H23F3N2O2. The Kier molecular flexibility index (Phi) is 5.55. The highest BCUT2D eigenvalue weighted by Gasteiger charge is 2.31. The monoisotopic (exact) mass is 368 g/mol. The summed E-state index contributed by atoms with van der Waals surface area (Å²) in [5.74, 6) is -0.0280. The van der Waals surface area contributed by atoms with Crippen molar-refractivity contribution in [3.8, 4) is 17.0 Å². The van der Waals surface area contributed by atoms with Gasteiger partial charge in [-0.2, -0.15) is 5.10 Å². The summed E-state index contributed by atoms with van der Waals surface area (Å²) in [6.07, 6.45) is 0.231. The van der Waals surface area contributed by atoms with Gasteiger partial charge < -0.3 is 9.84 Å². The predicted octanol–water partition coefficient (Wildman–Crippen LogP) is 5.08. The molecule has 1 N–H and O–H groups in total. The summed E-state index contributed by atoms with van der Waals surface area (Å²) >= 11 is 0. The molecule has 0 spiro atoms. The van der Waals surface area contributed by atoms with E-state index >= 15 is 0 Å². The van der Waals surface area contributed by atoms with Crippen molar-refractivity contribution in [3.63, 3.8) is 0 Å². The molecule has 1 aliphatic rings. The van der Waals surface area contributed by atoms with Gasteiger partial charge in [-0.1, -0.05) is 19.3 Å². The van der Waals surface area contributed by atoms with E-state index in [4.69, 9.17) is 0 Å². The van der Waals surface area contributed by atoms with Gasteiger partial charge in [0.15, 0.2) is 0 Å². The topological polar surface area (TPSA) is 47.3 Å². The minimum atomic E-state index is -4.71. The fourth-order valence-corrected chi connectivity index (χ4v) is 3.58. The molecule has 1 heterocycles. The van der Waals surface area contributed by atoms with Gasteiger partial charge in [-0.05, 0) is 56.0 Å². The number of ether oxygens (including phenoxy) is 1. The normalized spacial score (nSPS) is 17.3. The highest BCUT2D eigenvalue weighted by molar-refractivity contribution is 5.60. The lowest BCUT2D eigenvalue weighted by molar-refractivity contribution is -0.274. The van der Waals surface area contributed by atoms with Crippen molar-refractivity contribution in [3.05, 3.63) is 36.0 Å². The zero-order valence-corrected chi connectivity index (χ0v) is 14.7. The first kappa shape index (κ1) is 18.8. The number of aliphatic hydroxyl groups is 1. The molecule has 0 amide bonds. The van der Waals surface area contributed by atoms with Crippen molar-refractivity contribution in [2.75, 3.05) is 0 Å². The molecule has 1 aliphatic carbocycles. The summed E-state index contributed by atoms with van der Waals surface area (Å²) in [5.41, 5.74) is 2.09. The number of benzene rings is 1. The Morgan fingerprint density at radius 1 is 1.19 bits per heavy atom. The molecule has 0 radical (unpaired) electrons. The zero-order chi connectivity index (χ0) is 18.7. The van der Waals surface area contributed by atoms with Crippen LogP contribution in [0, 0.1) is 5.92 Å². The molecule has 1 aromatic carbocycles. The van der Waals surface area contributed by atoms with E-state index in [1.807, 2.05) is 13.0 Å². The van der Waals surface area contributed by atoms with Crippen LogP contribution in [0.1, 0.15) is 50.8 Å². The Labute approximate surface area is 150 Å². The lowest BCUT2D eigenvalue weighted by Gasteiger charge is -2.26. The van der Waals surface area contributed by atoms with Crippen LogP contribution in [0.5, 0.6) is 5.75 Å². The molecule has 26 heavy (non-hydrogen) atoms. The summed E-state index contributed by atoms with van der Waals surface area (Å²) in [5, 5.41) is 15.3. The van der Waals surface area contributed by atoms with Crippen LogP contribution in [-0.2, 0) is 6.54 Å². The molecule has 0 bridgehead atoms. The fraction of sp³-hybridized carbons (Fsp3) is 0.526. The molecule has 1 fully saturated rings. The van der Waals surface area contributed by atoms with Gasteiger partial charge in [0.2, 0.25) is 0 Å². The van der Waals surface area contributed by atoms with Crippen molar-refractivity contribution >= 4 is 0 Å². The van der Waals surface area contributed by atoms with E-state index in [0.29, 0.717) is 17.8 Å². The molecule has 2 aromatic rings. The van der Waals surface area contributed by atoms with Crippen molar-refractivity contribution in [1.82, 2.24) is 9.78 Å². The standard InChI is InChI=1S/C19H23F3N2O2/c1-2-24-17(18(25)14-6-4-3-5-7-14)12-16(23-24)13-8-10-15(11-9-13)26-19(20,21)22/h8-12,14,18,25H,2-7H2,1H3. The third kappa shape index (κ3) is 4.38. The van der Waals surface area contributed by atoms with Crippen LogP contribution in [-0.4, -0.2) is 21.2 Å². The third-order valence-corrected chi connectivity index (χ3v) is 4.89. The number of aromatic nitrogens is 2. The molecule has 142 valence electrons. The first-order valence-corrected chi connectivity index (χ1v) is 8.99. The summed E-state index contributed by atoms with van der Waals surface area (Å²) in [4.78, 5) is 0. The molecule has 0 saturated heterocycles. The number of alkyl halides is 3. The molecule has 0 aliphatic heterocycles. The Morgan fingerprint density at radius 3 is 2.42 bits per heavy atom. The van der Waals surface area contributed by atoms with E-state index in [9.17, 15) is 18.3 Å². The Bertz CT molecular complexity index is 719. The fourth-order valence-electron chi connectivity index (χ4n) is 3.58. The second kappa shape index (κ2) is 7.70. The summed E-state index contributed by atoms with van der Waals surface area (Å²) in [7, 11) is 0. The number of hydrogen-bond donors (Lipinski definition) is 1. The van der Waals surface area contributed by atoms with Gasteiger partial charge in [-0.3, -0.25) is 4.68 Å². The van der Waals surface area contributed by atoms with E-state index in [2.05, 4.69) is 9.84 Å². The Morgan fingerprint density at radius 2 is 1.85 bits per heavy atom. The smallest absolute Gasteiger partial charge is 0.406 e. The van der Waals surface area contributed by atoms with Crippen LogP contribution in [0.25, 0.3) is 11.3 Å². The summed E-state index contributed by atoms with van der Waals surface area (Å²) in [6.45, 7) is 2.57. The molecule has 4 nitrogen and oxygen atoms in total. The maximum atomic E-state index is 12.3. The maximum Gasteiger partial charge on any atom is 0.573 e. The summed E-state index contributed by atoms with van der Waals surface area (Å²) in [6, 6.07) is 7.46. The van der Waals surface area contributed by atoms with E-state index < -0.39 is 12.5 Å². The van der Waals surface area contributed by atoms with Crippen molar-refractivity contribution in [1.29, 1.82) is 0 Å². The quantitative estimate of drug-likeness (QED) is 0.800. The van der Waals surface area contributed by atoms with Gasteiger partial charge >= 0.3 is 6.36 Å². The highest BCUT2D eigenvalue weighted by Crippen LogP contribution is 2.36. The van der Waals surface area contributed by atoms with Gasteiger partial charge in [0.05, 0.1) is 17.5 Å². The van der Waals surface area contributed by atoms with Crippen LogP contribution in [0.15, 0.2) is 30.3 Å². The number of halogens is 3. The van der Waals surface area contributed by atoms with Crippen LogP contribution in [0.2, 0.25) is 0 Å². The molecule has 1 atom stereocenters. The highest BCUT2D eigenvalue weighted by atomic mass is 19.4. The number of rotatable bonds is 5. The Balaban J connectivity index is 1.81. The van der Waals surface area contributed by atoms with E-state index in [1.165, 1.54) is 18.6 Å². The minimum Gasteiger partial charge on any atom is -0.406 e. The average molecular weight is 368 g/mol. The third-order valence-electron chi connectivity index (χ3n) is 4.89. The minimum absolute atomic E-state index is 0.237. The Hall–Kier alpha value is -2.02. The zero-order valence-electron chi connectivity index (χ0n) is 14.7. The van der Waals surface area contributed by atoms with E-state index in [-0.39, 0.29) is 11.7 Å². The van der Waals surface area contributed by atoms with Gasteiger partial charge in [0, 0.05) is 12.1 Å². The van der Waals surface area contributed by atoms with Gasteiger partial charge in [0.25, 0.3) is 0 Å². The average Bonchev–Trinajstić information content (AvgIpc) is 3.05. The van der Waals surface area contributed by atoms with Crippen molar-refractivity contribution in [2.24, 2.45) is 5.92 Å². The SMILES string of the molecule is CCn1nc(-c2ccc(OC(F)(F)F)cc2)cc1C(O)C1CCCCC1. The lowest BCUT2D eigenvalue weighted by Crippen LogP contribution is -2.19. The van der Waals surface area contributed by atoms with Gasteiger partial charge in [-0.15, -0.1) is 13.2 Å². The van der Waals surface area contributed by atoms with Crippen LogP contribution in [0.3, 0.4) is 0 Å². The lowest BCUT2D eigenvalue weighted by atomic mass is 9.84. The van der Waals surface area contributed by atoms with Gasteiger partial charge in [-0.25, -0.2) is 0 Å². The van der Waals surface area contributed by atoms with Crippen LogP contribution in [0.4, 0.5) is 13.2 Å². The second-order valence-electron chi connectivity index (χ2n) is 6.69. The van der Waals surface area contributed by atoms with Crippen LogP contribution < -0.4 is 4.74 Å². The molecule has 1 unspecified atom stereocenters. The number of aliphatic hydroxyl groups excluding tert-OH is 1. The molecule has 7 heteroatoms. The number of aryl methyl sites for hydroxylation is 1. The summed E-state index contributed by atoms with van der Waals surface area (Å²) < 4.78 is 42.5. The predicted molar refractivity (Wildman–Crippen MR) is 91.6 cm³/mol. The number of hydrogen-bond acceptors (Lipinski definition) is 3. The second-order valence-corrected chi connectivity index (χ2v) is 6.69. The molecular weight excluding hydrogens is 345 g/mol. The molecule has 1 aromatic heterocycles. The number of nitrogens with zero attached hydrogens (tertiary/aromatic N) is 2. The largest absolute Gasteiger partial charge is 0.573 e.